The van der Waals surface area contributed by atoms with Crippen LogP contribution in [0, 0.1) is 10.1 Å². The zero-order valence-corrected chi connectivity index (χ0v) is 16.2. The number of hydrogen-bond donors (Lipinski definition) is 2. The summed E-state index contributed by atoms with van der Waals surface area (Å²) >= 11 is 11.9. The first-order valence-electron chi connectivity index (χ1n) is 8.46. The molecule has 1 aliphatic heterocycles. The number of rotatable bonds is 4. The fourth-order valence-electron chi connectivity index (χ4n) is 3.00. The van der Waals surface area contributed by atoms with Crippen LogP contribution in [0.3, 0.4) is 0 Å². The first kappa shape index (κ1) is 19.4. The molecule has 142 valence electrons. The summed E-state index contributed by atoms with van der Waals surface area (Å²) in [6.45, 7) is 3.73. The first-order valence-corrected chi connectivity index (χ1v) is 9.22. The predicted octanol–water partition coefficient (Wildman–Crippen LogP) is 2.49. The molecule has 0 aliphatic carbocycles. The van der Waals surface area contributed by atoms with Crippen molar-refractivity contribution in [3.8, 4) is 0 Å². The molecule has 1 saturated heterocycles. The third kappa shape index (κ3) is 4.50. The molecule has 0 aromatic heterocycles. The average molecular weight is 410 g/mol. The van der Waals surface area contributed by atoms with Gasteiger partial charge in [0.15, 0.2) is 0 Å². The van der Waals surface area contributed by atoms with Gasteiger partial charge in [0.1, 0.15) is 5.02 Å². The molecular formula is C18H19Cl2N4O3+. The number of halogens is 2. The zero-order valence-electron chi connectivity index (χ0n) is 14.7. The summed E-state index contributed by atoms with van der Waals surface area (Å²) in [6.07, 6.45) is 0. The van der Waals surface area contributed by atoms with E-state index in [1.165, 1.54) is 23.1 Å². The quantitative estimate of drug-likeness (QED) is 0.600. The minimum Gasteiger partial charge on any atom is -0.359 e. The molecule has 3 rings (SSSR count). The molecule has 1 fully saturated rings. The molecule has 2 aromatic carbocycles. The van der Waals surface area contributed by atoms with Crippen LogP contribution in [0.1, 0.15) is 10.4 Å². The van der Waals surface area contributed by atoms with Gasteiger partial charge in [0.05, 0.1) is 49.5 Å². The van der Waals surface area contributed by atoms with Gasteiger partial charge in [-0.25, -0.2) is 0 Å². The highest BCUT2D eigenvalue weighted by molar-refractivity contribution is 6.33. The smallest absolute Gasteiger partial charge is 0.288 e. The SMILES string of the molecule is C[NH+]1CCN(c2ccc(Cl)cc2NC(=O)c2ccc(Cl)c([N+](=O)[O-])c2)CC1. The summed E-state index contributed by atoms with van der Waals surface area (Å²) in [4.78, 5) is 26.7. The van der Waals surface area contributed by atoms with Gasteiger partial charge in [0.25, 0.3) is 11.6 Å². The van der Waals surface area contributed by atoms with E-state index in [1.54, 1.807) is 12.1 Å². The molecule has 1 amide bonds. The van der Waals surface area contributed by atoms with Gasteiger partial charge in [0, 0.05) is 16.7 Å². The number of piperazine rings is 1. The van der Waals surface area contributed by atoms with Crippen LogP contribution in [0.2, 0.25) is 10.0 Å². The van der Waals surface area contributed by atoms with Gasteiger partial charge >= 0.3 is 0 Å². The van der Waals surface area contributed by atoms with Gasteiger partial charge in [-0.15, -0.1) is 0 Å². The molecule has 0 spiro atoms. The Morgan fingerprint density at radius 1 is 1.19 bits per heavy atom. The number of nitrogens with zero attached hydrogens (tertiary/aromatic N) is 2. The maximum Gasteiger partial charge on any atom is 0.288 e. The number of hydrogen-bond acceptors (Lipinski definition) is 4. The van der Waals surface area contributed by atoms with Gasteiger partial charge in [-0.1, -0.05) is 23.2 Å². The average Bonchev–Trinajstić information content (AvgIpc) is 2.63. The second kappa shape index (κ2) is 8.12. The number of nitro benzene ring substituents is 1. The molecule has 0 atom stereocenters. The van der Waals surface area contributed by atoms with Gasteiger partial charge in [-0.05, 0) is 30.3 Å². The van der Waals surface area contributed by atoms with Crippen LogP contribution in [-0.2, 0) is 0 Å². The number of amides is 1. The summed E-state index contributed by atoms with van der Waals surface area (Å²) in [5, 5.41) is 14.4. The summed E-state index contributed by atoms with van der Waals surface area (Å²) in [7, 11) is 2.15. The van der Waals surface area contributed by atoms with Crippen LogP contribution in [0.25, 0.3) is 0 Å². The fourth-order valence-corrected chi connectivity index (χ4v) is 3.36. The number of quaternary nitrogens is 1. The predicted molar refractivity (Wildman–Crippen MR) is 106 cm³/mol. The third-order valence-corrected chi connectivity index (χ3v) is 5.12. The molecular weight excluding hydrogens is 391 g/mol. The van der Waals surface area contributed by atoms with E-state index in [2.05, 4.69) is 17.3 Å². The zero-order chi connectivity index (χ0) is 19.6. The Balaban J connectivity index is 1.87. The van der Waals surface area contributed by atoms with Crippen LogP contribution < -0.4 is 15.1 Å². The van der Waals surface area contributed by atoms with E-state index in [-0.39, 0.29) is 16.3 Å². The minimum absolute atomic E-state index is 0.0140. The van der Waals surface area contributed by atoms with Crippen molar-refractivity contribution in [2.45, 2.75) is 0 Å². The number of likely N-dealkylation sites (N-methyl/N-ethyl adjacent to an activating group) is 1. The van der Waals surface area contributed by atoms with Crippen molar-refractivity contribution in [2.75, 3.05) is 43.4 Å². The Morgan fingerprint density at radius 3 is 2.56 bits per heavy atom. The lowest BCUT2D eigenvalue weighted by Crippen LogP contribution is -3.12. The molecule has 0 radical (unpaired) electrons. The lowest BCUT2D eigenvalue weighted by Gasteiger charge is -2.33. The highest BCUT2D eigenvalue weighted by Gasteiger charge is 2.21. The van der Waals surface area contributed by atoms with E-state index in [9.17, 15) is 14.9 Å². The molecule has 0 bridgehead atoms. The number of carbonyl (C=O) groups excluding carboxylic acids is 1. The van der Waals surface area contributed by atoms with Crippen LogP contribution in [0.4, 0.5) is 17.1 Å². The van der Waals surface area contributed by atoms with Gasteiger partial charge < -0.3 is 15.1 Å². The Bertz CT molecular complexity index is 883. The van der Waals surface area contributed by atoms with Crippen molar-refractivity contribution in [3.63, 3.8) is 0 Å². The molecule has 7 nitrogen and oxygen atoms in total. The molecule has 0 saturated carbocycles. The Labute approximate surface area is 166 Å². The van der Waals surface area contributed by atoms with Crippen molar-refractivity contribution in [1.29, 1.82) is 0 Å². The van der Waals surface area contributed by atoms with E-state index in [4.69, 9.17) is 23.2 Å². The molecule has 9 heteroatoms. The van der Waals surface area contributed by atoms with Crippen LogP contribution in [-0.4, -0.2) is 44.1 Å². The largest absolute Gasteiger partial charge is 0.359 e. The van der Waals surface area contributed by atoms with Crippen LogP contribution in [0.15, 0.2) is 36.4 Å². The van der Waals surface area contributed by atoms with Crippen molar-refractivity contribution in [1.82, 2.24) is 0 Å². The molecule has 1 heterocycles. The molecule has 0 unspecified atom stereocenters. The van der Waals surface area contributed by atoms with Gasteiger partial charge in [0.2, 0.25) is 0 Å². The number of carbonyl (C=O) groups is 1. The van der Waals surface area contributed by atoms with Crippen LogP contribution in [0.5, 0.6) is 0 Å². The summed E-state index contributed by atoms with van der Waals surface area (Å²) in [5.74, 6) is -0.460. The molecule has 2 aromatic rings. The fraction of sp³-hybridized carbons (Fsp3) is 0.278. The molecule has 2 N–H and O–H groups in total. The maximum atomic E-state index is 12.7. The number of anilines is 2. The molecule has 1 aliphatic rings. The van der Waals surface area contributed by atoms with Gasteiger partial charge in [-0.3, -0.25) is 14.9 Å². The highest BCUT2D eigenvalue weighted by Crippen LogP contribution is 2.31. The second-order valence-corrected chi connectivity index (χ2v) is 7.33. The van der Waals surface area contributed by atoms with E-state index >= 15 is 0 Å². The Morgan fingerprint density at radius 2 is 1.89 bits per heavy atom. The minimum atomic E-state index is -0.615. The lowest BCUT2D eigenvalue weighted by molar-refractivity contribution is -0.880. The normalized spacial score (nSPS) is 14.9. The number of nitro groups is 1. The standard InChI is InChI=1S/C18H18Cl2N4O3/c1-22-6-8-23(9-7-22)16-5-3-13(19)11-15(16)21-18(25)12-2-4-14(20)17(10-12)24(26)27/h2-5,10-11H,6-9H2,1H3,(H,21,25)/p+1. The van der Waals surface area contributed by atoms with Crippen molar-refractivity contribution in [2.24, 2.45) is 0 Å². The van der Waals surface area contributed by atoms with E-state index in [0.717, 1.165) is 31.9 Å². The first-order chi connectivity index (χ1) is 12.8. The second-order valence-electron chi connectivity index (χ2n) is 6.48. The highest BCUT2D eigenvalue weighted by atomic mass is 35.5. The van der Waals surface area contributed by atoms with Crippen molar-refractivity contribution in [3.05, 3.63) is 62.1 Å². The summed E-state index contributed by atoms with van der Waals surface area (Å²) < 4.78 is 0. The summed E-state index contributed by atoms with van der Waals surface area (Å²) in [5.41, 5.74) is 1.30. The monoisotopic (exact) mass is 409 g/mol. The topological polar surface area (TPSA) is 79.9 Å². The van der Waals surface area contributed by atoms with Crippen molar-refractivity contribution < 1.29 is 14.6 Å². The maximum absolute atomic E-state index is 12.7. The van der Waals surface area contributed by atoms with Crippen LogP contribution >= 0.6 is 23.2 Å². The Hall–Kier alpha value is -2.35. The third-order valence-electron chi connectivity index (χ3n) is 4.57. The van der Waals surface area contributed by atoms with Crippen molar-refractivity contribution >= 4 is 46.2 Å². The number of nitrogens with one attached hydrogen (secondary N) is 2. The molecule has 27 heavy (non-hydrogen) atoms. The lowest BCUT2D eigenvalue weighted by atomic mass is 10.1. The number of benzene rings is 2. The summed E-state index contributed by atoms with van der Waals surface area (Å²) in [6, 6.07) is 9.31. The van der Waals surface area contributed by atoms with Gasteiger partial charge in [-0.2, -0.15) is 0 Å². The Kier molecular flexibility index (Phi) is 5.84. The van der Waals surface area contributed by atoms with E-state index in [0.29, 0.717) is 10.7 Å². The van der Waals surface area contributed by atoms with E-state index in [1.807, 2.05) is 6.07 Å². The van der Waals surface area contributed by atoms with E-state index < -0.39 is 10.8 Å².